The van der Waals surface area contributed by atoms with Crippen molar-refractivity contribution in [3.8, 4) is 0 Å². The standard InChI is InChI=1S/C20H24N2O/c1-14(2)19-18(22-23)13-17(15-9-5-3-6-10-15)21-20(19)16-11-7-4-8-12-16/h3-12,14,17,19-21,23H,13H2,1-2H3/p+1/b22-18-/t17-,19+,20-/m0/s1. The fraction of sp³-hybridized carbons (Fsp3) is 0.350. The monoisotopic (exact) mass is 309 g/mol. The van der Waals surface area contributed by atoms with E-state index in [-0.39, 0.29) is 12.0 Å². The van der Waals surface area contributed by atoms with Crippen molar-refractivity contribution in [2.45, 2.75) is 32.4 Å². The van der Waals surface area contributed by atoms with Gasteiger partial charge in [0.05, 0.1) is 11.6 Å². The molecule has 3 atom stereocenters. The van der Waals surface area contributed by atoms with Gasteiger partial charge >= 0.3 is 0 Å². The number of nitrogens with two attached hydrogens (primary N) is 1. The van der Waals surface area contributed by atoms with Gasteiger partial charge in [0.15, 0.2) is 0 Å². The second kappa shape index (κ2) is 6.97. The predicted octanol–water partition coefficient (Wildman–Crippen LogP) is 3.54. The molecule has 1 heterocycles. The quantitative estimate of drug-likeness (QED) is 0.661. The lowest BCUT2D eigenvalue weighted by molar-refractivity contribution is -0.743. The minimum absolute atomic E-state index is 0.252. The van der Waals surface area contributed by atoms with Crippen LogP contribution in [0.2, 0.25) is 0 Å². The van der Waals surface area contributed by atoms with Gasteiger partial charge in [0, 0.05) is 17.5 Å². The molecule has 0 aliphatic carbocycles. The van der Waals surface area contributed by atoms with Crippen molar-refractivity contribution in [2.75, 3.05) is 0 Å². The summed E-state index contributed by atoms with van der Waals surface area (Å²) < 4.78 is 0. The molecule has 1 aliphatic rings. The maximum absolute atomic E-state index is 9.61. The van der Waals surface area contributed by atoms with Crippen LogP contribution in [0.25, 0.3) is 0 Å². The molecule has 2 aromatic carbocycles. The fourth-order valence-corrected chi connectivity index (χ4v) is 3.84. The van der Waals surface area contributed by atoms with Crippen LogP contribution in [0.3, 0.4) is 0 Å². The second-order valence-electron chi connectivity index (χ2n) is 6.71. The summed E-state index contributed by atoms with van der Waals surface area (Å²) in [5.41, 5.74) is 3.51. The number of rotatable bonds is 3. The Bertz CT molecular complexity index is 652. The molecule has 1 aliphatic heterocycles. The van der Waals surface area contributed by atoms with Crippen LogP contribution in [0.4, 0.5) is 0 Å². The number of hydrogen-bond donors (Lipinski definition) is 2. The molecule has 0 aromatic heterocycles. The maximum atomic E-state index is 9.61. The number of nitrogens with zero attached hydrogens (tertiary/aromatic N) is 1. The first-order valence-electron chi connectivity index (χ1n) is 8.36. The Morgan fingerprint density at radius 2 is 1.52 bits per heavy atom. The van der Waals surface area contributed by atoms with Crippen LogP contribution < -0.4 is 5.32 Å². The zero-order valence-corrected chi connectivity index (χ0v) is 13.8. The minimum atomic E-state index is 0.252. The summed E-state index contributed by atoms with van der Waals surface area (Å²) in [5, 5.41) is 15.8. The lowest BCUT2D eigenvalue weighted by Gasteiger charge is -2.37. The normalized spacial score (nSPS) is 26.6. The van der Waals surface area contributed by atoms with Gasteiger partial charge in [-0.1, -0.05) is 79.7 Å². The zero-order chi connectivity index (χ0) is 16.2. The summed E-state index contributed by atoms with van der Waals surface area (Å²) in [6.07, 6.45) is 0.798. The third-order valence-electron chi connectivity index (χ3n) is 4.90. The first kappa shape index (κ1) is 15.8. The average molecular weight is 309 g/mol. The number of benzene rings is 2. The van der Waals surface area contributed by atoms with E-state index in [9.17, 15) is 5.21 Å². The van der Waals surface area contributed by atoms with Crippen LogP contribution in [0.5, 0.6) is 0 Å². The van der Waals surface area contributed by atoms with Gasteiger partial charge in [0.1, 0.15) is 12.1 Å². The van der Waals surface area contributed by atoms with Gasteiger partial charge in [-0.2, -0.15) is 0 Å². The molecule has 0 radical (unpaired) electrons. The molecule has 0 bridgehead atoms. The van der Waals surface area contributed by atoms with Gasteiger partial charge in [-0.15, -0.1) is 0 Å². The topological polar surface area (TPSA) is 49.2 Å². The lowest BCUT2D eigenvalue weighted by atomic mass is 9.75. The van der Waals surface area contributed by atoms with Gasteiger partial charge < -0.3 is 10.5 Å². The Balaban J connectivity index is 1.98. The number of quaternary nitrogens is 1. The van der Waals surface area contributed by atoms with Crippen LogP contribution >= 0.6 is 0 Å². The van der Waals surface area contributed by atoms with Gasteiger partial charge in [0.2, 0.25) is 0 Å². The Kier molecular flexibility index (Phi) is 4.77. The third kappa shape index (κ3) is 3.30. The molecule has 3 nitrogen and oxygen atoms in total. The fourth-order valence-electron chi connectivity index (χ4n) is 3.84. The van der Waals surface area contributed by atoms with Crippen LogP contribution in [0.15, 0.2) is 65.8 Å². The SMILES string of the molecule is CC(C)[C@@H]1/C(=N\O)C[C@@H](c2ccccc2)[NH2+][C@H]1c1ccccc1. The van der Waals surface area contributed by atoms with Crippen molar-refractivity contribution in [3.63, 3.8) is 0 Å². The molecule has 1 fully saturated rings. The lowest BCUT2D eigenvalue weighted by Crippen LogP contribution is -2.90. The van der Waals surface area contributed by atoms with Crippen molar-refractivity contribution in [1.29, 1.82) is 0 Å². The minimum Gasteiger partial charge on any atom is -0.411 e. The van der Waals surface area contributed by atoms with E-state index in [4.69, 9.17) is 0 Å². The van der Waals surface area contributed by atoms with E-state index in [1.54, 1.807) is 0 Å². The largest absolute Gasteiger partial charge is 0.411 e. The van der Waals surface area contributed by atoms with E-state index in [1.165, 1.54) is 11.1 Å². The van der Waals surface area contributed by atoms with Crippen LogP contribution in [0, 0.1) is 11.8 Å². The number of hydrogen-bond acceptors (Lipinski definition) is 2. The predicted molar refractivity (Wildman–Crippen MR) is 92.5 cm³/mol. The summed E-state index contributed by atoms with van der Waals surface area (Å²) in [4.78, 5) is 0. The Morgan fingerprint density at radius 3 is 2.04 bits per heavy atom. The molecule has 0 saturated carbocycles. The van der Waals surface area contributed by atoms with Crippen molar-refractivity contribution < 1.29 is 10.5 Å². The molecule has 0 spiro atoms. The Morgan fingerprint density at radius 1 is 0.957 bits per heavy atom. The molecule has 3 heteroatoms. The van der Waals surface area contributed by atoms with Gasteiger partial charge in [0.25, 0.3) is 0 Å². The van der Waals surface area contributed by atoms with Gasteiger partial charge in [-0.25, -0.2) is 0 Å². The molecular weight excluding hydrogens is 284 g/mol. The zero-order valence-electron chi connectivity index (χ0n) is 13.8. The van der Waals surface area contributed by atoms with Gasteiger partial charge in [-0.05, 0) is 5.92 Å². The summed E-state index contributed by atoms with van der Waals surface area (Å²) in [6.45, 7) is 4.42. The van der Waals surface area contributed by atoms with Gasteiger partial charge in [-0.3, -0.25) is 0 Å². The van der Waals surface area contributed by atoms with E-state index in [0.29, 0.717) is 12.0 Å². The number of oxime groups is 1. The van der Waals surface area contributed by atoms with E-state index in [0.717, 1.165) is 12.1 Å². The average Bonchev–Trinajstić information content (AvgIpc) is 2.62. The third-order valence-corrected chi connectivity index (χ3v) is 4.90. The highest BCUT2D eigenvalue weighted by atomic mass is 16.4. The molecule has 1 saturated heterocycles. The highest BCUT2D eigenvalue weighted by Gasteiger charge is 2.41. The Hall–Kier alpha value is -2.13. The van der Waals surface area contributed by atoms with Crippen molar-refractivity contribution in [2.24, 2.45) is 17.0 Å². The van der Waals surface area contributed by atoms with E-state index < -0.39 is 0 Å². The maximum Gasteiger partial charge on any atom is 0.121 e. The summed E-state index contributed by atoms with van der Waals surface area (Å²) >= 11 is 0. The van der Waals surface area contributed by atoms with E-state index >= 15 is 0 Å². The first-order chi connectivity index (χ1) is 11.2. The van der Waals surface area contributed by atoms with Crippen LogP contribution in [0.1, 0.15) is 43.5 Å². The summed E-state index contributed by atoms with van der Waals surface area (Å²) in [6, 6.07) is 21.7. The molecule has 120 valence electrons. The molecule has 23 heavy (non-hydrogen) atoms. The molecular formula is C20H25N2O+. The molecule has 3 rings (SSSR count). The van der Waals surface area contributed by atoms with Crippen molar-refractivity contribution in [3.05, 3.63) is 71.8 Å². The Labute approximate surface area is 138 Å². The smallest absolute Gasteiger partial charge is 0.121 e. The van der Waals surface area contributed by atoms with E-state index in [2.05, 4.69) is 72.9 Å². The van der Waals surface area contributed by atoms with Crippen molar-refractivity contribution in [1.82, 2.24) is 0 Å². The van der Waals surface area contributed by atoms with Crippen molar-refractivity contribution >= 4 is 5.71 Å². The second-order valence-corrected chi connectivity index (χ2v) is 6.71. The molecule has 0 unspecified atom stereocenters. The molecule has 2 aromatic rings. The highest BCUT2D eigenvalue weighted by Crippen LogP contribution is 2.34. The first-order valence-corrected chi connectivity index (χ1v) is 8.36. The van der Waals surface area contributed by atoms with Crippen LogP contribution in [-0.4, -0.2) is 10.9 Å². The van der Waals surface area contributed by atoms with Crippen LogP contribution in [-0.2, 0) is 0 Å². The summed E-state index contributed by atoms with van der Waals surface area (Å²) in [5.74, 6) is 0.682. The number of piperidine rings is 1. The summed E-state index contributed by atoms with van der Waals surface area (Å²) in [7, 11) is 0. The molecule has 0 amide bonds. The van der Waals surface area contributed by atoms with E-state index in [1.807, 2.05) is 12.1 Å². The highest BCUT2D eigenvalue weighted by molar-refractivity contribution is 5.88. The molecule has 3 N–H and O–H groups in total.